The average molecular weight is 182 g/mol. The number of aromatic hydroxyl groups is 1. The summed E-state index contributed by atoms with van der Waals surface area (Å²) >= 11 is 0. The van der Waals surface area contributed by atoms with E-state index in [1.165, 1.54) is 6.42 Å². The van der Waals surface area contributed by atoms with E-state index < -0.39 is 0 Å². The van der Waals surface area contributed by atoms with Crippen LogP contribution in [0.4, 0.5) is 0 Å². The molecule has 0 saturated carbocycles. The molecular weight excluding hydrogens is 164 g/mol. The lowest BCUT2D eigenvalue weighted by Crippen LogP contribution is -1.89. The zero-order valence-electron chi connectivity index (χ0n) is 8.58. The van der Waals surface area contributed by atoms with Gasteiger partial charge in [0.2, 0.25) is 0 Å². The lowest BCUT2D eigenvalue weighted by molar-refractivity contribution is 0.339. The molecule has 1 N–H and O–H groups in total. The summed E-state index contributed by atoms with van der Waals surface area (Å²) < 4.78 is 5.15. The fourth-order valence-corrected chi connectivity index (χ4v) is 0.709. The van der Waals surface area contributed by atoms with E-state index in [1.807, 2.05) is 6.92 Å². The Balaban J connectivity index is 0.000000424. The van der Waals surface area contributed by atoms with E-state index in [2.05, 4.69) is 13.8 Å². The van der Waals surface area contributed by atoms with Gasteiger partial charge in [0.15, 0.2) is 0 Å². The van der Waals surface area contributed by atoms with Crippen LogP contribution in [-0.2, 0) is 0 Å². The van der Waals surface area contributed by atoms with Crippen molar-refractivity contribution in [2.75, 3.05) is 6.61 Å². The van der Waals surface area contributed by atoms with Crippen molar-refractivity contribution in [1.29, 1.82) is 0 Å². The molecule has 0 aromatic heterocycles. The highest BCUT2D eigenvalue weighted by atomic mass is 16.5. The van der Waals surface area contributed by atoms with Gasteiger partial charge in [0.1, 0.15) is 11.5 Å². The Hall–Kier alpha value is -1.18. The molecule has 0 radical (unpaired) electrons. The van der Waals surface area contributed by atoms with Gasteiger partial charge in [0.05, 0.1) is 6.61 Å². The fourth-order valence-electron chi connectivity index (χ4n) is 0.709. The van der Waals surface area contributed by atoms with E-state index in [1.54, 1.807) is 24.3 Å². The third kappa shape index (κ3) is 6.02. The quantitative estimate of drug-likeness (QED) is 0.761. The van der Waals surface area contributed by atoms with Crippen LogP contribution < -0.4 is 4.74 Å². The van der Waals surface area contributed by atoms with Gasteiger partial charge in [0, 0.05) is 0 Å². The van der Waals surface area contributed by atoms with Gasteiger partial charge in [-0.3, -0.25) is 0 Å². The maximum Gasteiger partial charge on any atom is 0.119 e. The van der Waals surface area contributed by atoms with Crippen LogP contribution in [0, 0.1) is 0 Å². The van der Waals surface area contributed by atoms with Gasteiger partial charge >= 0.3 is 0 Å². The zero-order valence-corrected chi connectivity index (χ0v) is 8.58. The van der Waals surface area contributed by atoms with Crippen molar-refractivity contribution in [2.45, 2.75) is 27.2 Å². The molecule has 1 aromatic carbocycles. The lowest BCUT2D eigenvalue weighted by atomic mass is 10.3. The summed E-state index contributed by atoms with van der Waals surface area (Å²) in [5.74, 6) is 1.06. The molecule has 0 bridgehead atoms. The number of rotatable bonds is 2. The van der Waals surface area contributed by atoms with Gasteiger partial charge < -0.3 is 9.84 Å². The Kier molecular flexibility index (Phi) is 6.79. The van der Waals surface area contributed by atoms with Gasteiger partial charge in [-0.05, 0) is 31.2 Å². The summed E-state index contributed by atoms with van der Waals surface area (Å²) in [5, 5.41) is 8.87. The van der Waals surface area contributed by atoms with Crippen molar-refractivity contribution in [3.8, 4) is 11.5 Å². The van der Waals surface area contributed by atoms with Crippen LogP contribution in [0.3, 0.4) is 0 Å². The fraction of sp³-hybridized carbons (Fsp3) is 0.455. The molecule has 0 saturated heterocycles. The van der Waals surface area contributed by atoms with E-state index in [4.69, 9.17) is 9.84 Å². The van der Waals surface area contributed by atoms with Crippen molar-refractivity contribution in [1.82, 2.24) is 0 Å². The molecule has 0 spiro atoms. The second kappa shape index (κ2) is 7.47. The highest BCUT2D eigenvalue weighted by Crippen LogP contribution is 2.15. The minimum absolute atomic E-state index is 0.267. The Morgan fingerprint density at radius 1 is 1.08 bits per heavy atom. The first-order valence-electron chi connectivity index (χ1n) is 4.66. The van der Waals surface area contributed by atoms with Crippen LogP contribution in [0.1, 0.15) is 27.2 Å². The van der Waals surface area contributed by atoms with Crippen LogP contribution in [0.5, 0.6) is 11.5 Å². The Bertz CT molecular complexity index is 204. The molecule has 1 rings (SSSR count). The van der Waals surface area contributed by atoms with Crippen LogP contribution >= 0.6 is 0 Å². The first-order chi connectivity index (χ1) is 6.24. The van der Waals surface area contributed by atoms with Crippen LogP contribution in [0.2, 0.25) is 0 Å². The highest BCUT2D eigenvalue weighted by molar-refractivity contribution is 5.29. The third-order valence-corrected chi connectivity index (χ3v) is 1.15. The van der Waals surface area contributed by atoms with E-state index in [-0.39, 0.29) is 5.75 Å². The SMILES string of the molecule is CCC.CCOc1ccc(O)cc1. The predicted octanol–water partition coefficient (Wildman–Crippen LogP) is 3.21. The Morgan fingerprint density at radius 2 is 1.54 bits per heavy atom. The average Bonchev–Trinajstić information content (AvgIpc) is 2.11. The first-order valence-corrected chi connectivity index (χ1v) is 4.66. The van der Waals surface area contributed by atoms with Gasteiger partial charge in [-0.2, -0.15) is 0 Å². The summed E-state index contributed by atoms with van der Waals surface area (Å²) in [4.78, 5) is 0. The van der Waals surface area contributed by atoms with Crippen molar-refractivity contribution < 1.29 is 9.84 Å². The molecular formula is C11H18O2. The second-order valence-electron chi connectivity index (χ2n) is 2.63. The monoisotopic (exact) mass is 182 g/mol. The molecule has 0 atom stereocenters. The second-order valence-corrected chi connectivity index (χ2v) is 2.63. The molecule has 0 unspecified atom stereocenters. The van der Waals surface area contributed by atoms with Gasteiger partial charge in [-0.25, -0.2) is 0 Å². The Morgan fingerprint density at radius 3 is 1.92 bits per heavy atom. The molecule has 0 amide bonds. The minimum Gasteiger partial charge on any atom is -0.508 e. The molecule has 1 aromatic rings. The molecule has 13 heavy (non-hydrogen) atoms. The maximum absolute atomic E-state index is 8.87. The molecule has 0 fully saturated rings. The molecule has 0 aliphatic rings. The Labute approximate surface area is 80.2 Å². The number of phenols is 1. The molecule has 2 nitrogen and oxygen atoms in total. The van der Waals surface area contributed by atoms with E-state index >= 15 is 0 Å². The van der Waals surface area contributed by atoms with Crippen molar-refractivity contribution in [2.24, 2.45) is 0 Å². The van der Waals surface area contributed by atoms with Gasteiger partial charge in [-0.1, -0.05) is 20.3 Å². The zero-order chi connectivity index (χ0) is 10.1. The van der Waals surface area contributed by atoms with Crippen LogP contribution in [0.15, 0.2) is 24.3 Å². The summed E-state index contributed by atoms with van der Waals surface area (Å²) in [6.07, 6.45) is 1.25. The first kappa shape index (κ1) is 11.8. The van der Waals surface area contributed by atoms with Gasteiger partial charge in [-0.15, -0.1) is 0 Å². The summed E-state index contributed by atoms with van der Waals surface area (Å²) in [6.45, 7) is 6.83. The largest absolute Gasteiger partial charge is 0.508 e. The lowest BCUT2D eigenvalue weighted by Gasteiger charge is -2.00. The van der Waals surface area contributed by atoms with Gasteiger partial charge in [0.25, 0.3) is 0 Å². The van der Waals surface area contributed by atoms with E-state index in [9.17, 15) is 0 Å². The van der Waals surface area contributed by atoms with Crippen LogP contribution in [0.25, 0.3) is 0 Å². The predicted molar refractivity (Wildman–Crippen MR) is 55.2 cm³/mol. The van der Waals surface area contributed by atoms with Crippen molar-refractivity contribution in [3.63, 3.8) is 0 Å². The summed E-state index contributed by atoms with van der Waals surface area (Å²) in [7, 11) is 0. The van der Waals surface area contributed by atoms with Crippen molar-refractivity contribution in [3.05, 3.63) is 24.3 Å². The summed E-state index contributed by atoms with van der Waals surface area (Å²) in [6, 6.07) is 6.67. The molecule has 0 heterocycles. The van der Waals surface area contributed by atoms with E-state index in [0.717, 1.165) is 5.75 Å². The smallest absolute Gasteiger partial charge is 0.119 e. The highest BCUT2D eigenvalue weighted by Gasteiger charge is 1.89. The number of hydrogen-bond donors (Lipinski definition) is 1. The third-order valence-electron chi connectivity index (χ3n) is 1.15. The number of ether oxygens (including phenoxy) is 1. The topological polar surface area (TPSA) is 29.5 Å². The molecule has 0 aliphatic heterocycles. The molecule has 74 valence electrons. The summed E-state index contributed by atoms with van der Waals surface area (Å²) in [5.41, 5.74) is 0. The van der Waals surface area contributed by atoms with Crippen molar-refractivity contribution >= 4 is 0 Å². The number of phenolic OH excluding ortho intramolecular Hbond substituents is 1. The molecule has 2 heteroatoms. The minimum atomic E-state index is 0.267. The standard InChI is InChI=1S/C8H10O2.C3H8/c1-2-10-8-5-3-7(9)4-6-8;1-3-2/h3-6,9H,2H2,1H3;3H2,1-2H3. The normalized spacial score (nSPS) is 8.54. The number of hydrogen-bond acceptors (Lipinski definition) is 2. The van der Waals surface area contributed by atoms with Crippen LogP contribution in [-0.4, -0.2) is 11.7 Å². The molecule has 0 aliphatic carbocycles. The van der Waals surface area contributed by atoms with E-state index in [0.29, 0.717) is 6.61 Å². The maximum atomic E-state index is 8.87. The number of benzene rings is 1.